The molecule has 0 aliphatic heterocycles. The number of nitrogens with zero attached hydrogens (tertiary/aromatic N) is 1. The number of alkyl halides is 1. The molecule has 102 valence electrons. The van der Waals surface area contributed by atoms with E-state index in [1.54, 1.807) is 0 Å². The number of para-hydroxylation sites is 1. The molecule has 0 saturated carbocycles. The van der Waals surface area contributed by atoms with Gasteiger partial charge in [0.05, 0.1) is 5.52 Å². The van der Waals surface area contributed by atoms with E-state index in [0.717, 1.165) is 23.9 Å². The van der Waals surface area contributed by atoms with E-state index in [1.165, 1.54) is 36.6 Å². The van der Waals surface area contributed by atoms with E-state index < -0.39 is 0 Å². The summed E-state index contributed by atoms with van der Waals surface area (Å²) < 4.78 is 0. The zero-order valence-electron chi connectivity index (χ0n) is 11.2. The third-order valence-electron chi connectivity index (χ3n) is 3.27. The number of halogens is 1. The largest absolute Gasteiger partial charge is 0.313 e. The Kier molecular flexibility index (Phi) is 6.31. The molecule has 0 fully saturated rings. The molecule has 1 N–H and O–H groups in total. The molecule has 2 rings (SSSR count). The molecule has 3 heteroatoms. The Morgan fingerprint density at radius 2 is 1.84 bits per heavy atom. The highest BCUT2D eigenvalue weighted by molar-refractivity contribution is 9.09. The molecule has 0 unspecified atom stereocenters. The zero-order chi connectivity index (χ0) is 13.3. The molecule has 0 bridgehead atoms. The highest BCUT2D eigenvalue weighted by atomic mass is 79.9. The van der Waals surface area contributed by atoms with Gasteiger partial charge in [0.25, 0.3) is 0 Å². The molecule has 0 radical (unpaired) electrons. The van der Waals surface area contributed by atoms with Crippen molar-refractivity contribution < 1.29 is 0 Å². The maximum atomic E-state index is 4.48. The average Bonchev–Trinajstić information content (AvgIpc) is 2.46. The molecule has 0 aliphatic carbocycles. The lowest BCUT2D eigenvalue weighted by molar-refractivity contribution is 0.601. The van der Waals surface area contributed by atoms with Crippen molar-refractivity contribution in [3.8, 4) is 0 Å². The number of nitrogens with one attached hydrogen (secondary N) is 1. The third-order valence-corrected chi connectivity index (χ3v) is 3.83. The van der Waals surface area contributed by atoms with Gasteiger partial charge in [-0.1, -0.05) is 53.0 Å². The predicted octanol–water partition coefficient (Wildman–Crippen LogP) is 4.28. The highest BCUT2D eigenvalue weighted by Gasteiger charge is 2.00. The van der Waals surface area contributed by atoms with Gasteiger partial charge in [-0.05, 0) is 31.0 Å². The number of pyridine rings is 1. The van der Waals surface area contributed by atoms with Crippen molar-refractivity contribution in [2.45, 2.75) is 32.2 Å². The fraction of sp³-hybridized carbons (Fsp3) is 0.438. The third kappa shape index (κ3) is 4.59. The van der Waals surface area contributed by atoms with Crippen molar-refractivity contribution in [3.05, 3.63) is 42.1 Å². The van der Waals surface area contributed by atoms with Gasteiger partial charge in [0.1, 0.15) is 0 Å². The Bertz CT molecular complexity index is 494. The van der Waals surface area contributed by atoms with Crippen LogP contribution in [0.15, 0.2) is 36.5 Å². The molecular formula is C16H21BrN2. The lowest BCUT2D eigenvalue weighted by atomic mass is 10.1. The van der Waals surface area contributed by atoms with Crippen LogP contribution in [0.1, 0.15) is 31.2 Å². The fourth-order valence-corrected chi connectivity index (χ4v) is 2.63. The number of hydrogen-bond donors (Lipinski definition) is 1. The average molecular weight is 321 g/mol. The predicted molar refractivity (Wildman–Crippen MR) is 85.7 cm³/mol. The minimum atomic E-state index is 0.910. The van der Waals surface area contributed by atoms with Gasteiger partial charge in [0.15, 0.2) is 0 Å². The Hall–Kier alpha value is -0.930. The van der Waals surface area contributed by atoms with E-state index in [9.17, 15) is 0 Å². The smallest absolute Gasteiger partial charge is 0.0746 e. The first kappa shape index (κ1) is 14.5. The SMILES string of the molecule is BrCCCCCCNCc1cccc2cccnc12. The van der Waals surface area contributed by atoms with Gasteiger partial charge in [-0.3, -0.25) is 4.98 Å². The molecule has 2 aromatic rings. The van der Waals surface area contributed by atoms with Gasteiger partial charge in [-0.2, -0.15) is 0 Å². The highest BCUT2D eigenvalue weighted by Crippen LogP contribution is 2.15. The van der Waals surface area contributed by atoms with Crippen molar-refractivity contribution in [2.24, 2.45) is 0 Å². The summed E-state index contributed by atoms with van der Waals surface area (Å²) in [5, 5.41) is 5.87. The van der Waals surface area contributed by atoms with E-state index in [1.807, 2.05) is 12.3 Å². The normalized spacial score (nSPS) is 11.0. The van der Waals surface area contributed by atoms with E-state index in [2.05, 4.69) is 50.5 Å². The summed E-state index contributed by atoms with van der Waals surface area (Å²) in [4.78, 5) is 4.48. The first-order valence-electron chi connectivity index (χ1n) is 7.01. The maximum Gasteiger partial charge on any atom is 0.0746 e. The lowest BCUT2D eigenvalue weighted by Crippen LogP contribution is -2.15. The number of fused-ring (bicyclic) bond motifs is 1. The maximum absolute atomic E-state index is 4.48. The van der Waals surface area contributed by atoms with Gasteiger partial charge in [0, 0.05) is 23.5 Å². The van der Waals surface area contributed by atoms with Crippen molar-refractivity contribution in [1.29, 1.82) is 0 Å². The van der Waals surface area contributed by atoms with Crippen LogP contribution in [-0.4, -0.2) is 16.9 Å². The van der Waals surface area contributed by atoms with Crippen LogP contribution in [-0.2, 0) is 6.54 Å². The Balaban J connectivity index is 1.78. The number of aromatic nitrogens is 1. The minimum Gasteiger partial charge on any atom is -0.313 e. The van der Waals surface area contributed by atoms with Crippen molar-refractivity contribution >= 4 is 26.8 Å². The van der Waals surface area contributed by atoms with Crippen LogP contribution in [0.5, 0.6) is 0 Å². The number of hydrogen-bond acceptors (Lipinski definition) is 2. The van der Waals surface area contributed by atoms with Gasteiger partial charge in [0.2, 0.25) is 0 Å². The first-order valence-corrected chi connectivity index (χ1v) is 8.13. The quantitative estimate of drug-likeness (QED) is 0.580. The summed E-state index contributed by atoms with van der Waals surface area (Å²) in [7, 11) is 0. The second-order valence-corrected chi connectivity index (χ2v) is 5.57. The molecule has 1 aromatic heterocycles. The standard InChI is InChI=1S/C16H21BrN2/c17-10-3-1-2-4-11-18-13-15-8-5-7-14-9-6-12-19-16(14)15/h5-9,12,18H,1-4,10-11,13H2. The van der Waals surface area contributed by atoms with Crippen molar-refractivity contribution in [3.63, 3.8) is 0 Å². The van der Waals surface area contributed by atoms with Crippen LogP contribution in [0.4, 0.5) is 0 Å². The Morgan fingerprint density at radius 3 is 2.74 bits per heavy atom. The molecule has 0 aliphatic rings. The molecule has 0 spiro atoms. The van der Waals surface area contributed by atoms with Gasteiger partial charge >= 0.3 is 0 Å². The first-order chi connectivity index (χ1) is 9.42. The fourth-order valence-electron chi connectivity index (χ4n) is 2.23. The summed E-state index contributed by atoms with van der Waals surface area (Å²) in [6, 6.07) is 10.5. The molecule has 0 amide bonds. The van der Waals surface area contributed by atoms with E-state index in [-0.39, 0.29) is 0 Å². The van der Waals surface area contributed by atoms with Gasteiger partial charge in [-0.25, -0.2) is 0 Å². The zero-order valence-corrected chi connectivity index (χ0v) is 12.8. The molecular weight excluding hydrogens is 300 g/mol. The topological polar surface area (TPSA) is 24.9 Å². The molecule has 2 nitrogen and oxygen atoms in total. The van der Waals surface area contributed by atoms with Gasteiger partial charge in [-0.15, -0.1) is 0 Å². The van der Waals surface area contributed by atoms with Gasteiger partial charge < -0.3 is 5.32 Å². The van der Waals surface area contributed by atoms with Crippen LogP contribution in [0.3, 0.4) is 0 Å². The molecule has 1 aromatic carbocycles. The Labute approximate surface area is 123 Å². The Morgan fingerprint density at radius 1 is 1.00 bits per heavy atom. The number of unbranched alkanes of at least 4 members (excludes halogenated alkanes) is 3. The molecule has 19 heavy (non-hydrogen) atoms. The number of rotatable bonds is 8. The van der Waals surface area contributed by atoms with E-state index in [0.29, 0.717) is 0 Å². The van der Waals surface area contributed by atoms with Crippen LogP contribution in [0, 0.1) is 0 Å². The lowest BCUT2D eigenvalue weighted by Gasteiger charge is -2.07. The molecule has 1 heterocycles. The summed E-state index contributed by atoms with van der Waals surface area (Å²) in [6.07, 6.45) is 7.04. The summed E-state index contributed by atoms with van der Waals surface area (Å²) in [5.74, 6) is 0. The molecule has 0 saturated heterocycles. The second-order valence-electron chi connectivity index (χ2n) is 4.77. The minimum absolute atomic E-state index is 0.910. The van der Waals surface area contributed by atoms with Crippen molar-refractivity contribution in [2.75, 3.05) is 11.9 Å². The van der Waals surface area contributed by atoms with Crippen molar-refractivity contribution in [1.82, 2.24) is 10.3 Å². The second kappa shape index (κ2) is 8.28. The van der Waals surface area contributed by atoms with Crippen LogP contribution < -0.4 is 5.32 Å². The molecule has 0 atom stereocenters. The van der Waals surface area contributed by atoms with Crippen LogP contribution in [0.2, 0.25) is 0 Å². The van der Waals surface area contributed by atoms with Crippen LogP contribution >= 0.6 is 15.9 Å². The summed E-state index contributed by atoms with van der Waals surface area (Å²) >= 11 is 3.46. The van der Waals surface area contributed by atoms with Crippen LogP contribution in [0.25, 0.3) is 10.9 Å². The van der Waals surface area contributed by atoms with E-state index in [4.69, 9.17) is 0 Å². The number of benzene rings is 1. The summed E-state index contributed by atoms with van der Waals surface area (Å²) in [6.45, 7) is 2.00. The monoisotopic (exact) mass is 320 g/mol. The van der Waals surface area contributed by atoms with E-state index >= 15 is 0 Å². The summed E-state index contributed by atoms with van der Waals surface area (Å²) in [5.41, 5.74) is 2.41.